The quantitative estimate of drug-likeness (QED) is 0.154. The van der Waals surface area contributed by atoms with E-state index in [2.05, 4.69) is 48.5 Å². The number of aldehydes is 1. The minimum Gasteiger partial charge on any atom is -0.294 e. The number of carbonyl (C=O) groups is 2. The van der Waals surface area contributed by atoms with E-state index in [-0.39, 0.29) is 0 Å². The first kappa shape index (κ1) is 21.3. The van der Waals surface area contributed by atoms with Crippen molar-refractivity contribution in [2.75, 3.05) is 0 Å². The van der Waals surface area contributed by atoms with Gasteiger partial charge in [-0.05, 0) is 56.6 Å². The summed E-state index contributed by atoms with van der Waals surface area (Å²) in [4.78, 5) is 24.0. The molecule has 0 heterocycles. The minimum absolute atomic E-state index is 0.389. The van der Waals surface area contributed by atoms with E-state index < -0.39 is 5.78 Å². The fourth-order valence-electron chi connectivity index (χ4n) is 4.23. The molecule has 0 saturated heterocycles. The Labute approximate surface area is 199 Å². The molecular weight excluding hydrogens is 416 g/mol. The van der Waals surface area contributed by atoms with Gasteiger partial charge in [-0.25, -0.2) is 0 Å². The molecule has 0 spiro atoms. The summed E-state index contributed by atoms with van der Waals surface area (Å²) in [5.41, 5.74) is 8.44. The highest BCUT2D eigenvalue weighted by Gasteiger charge is 2.14. The molecule has 162 valence electrons. The molecule has 0 aliphatic rings. The summed E-state index contributed by atoms with van der Waals surface area (Å²) in [6.45, 7) is 0. The molecule has 5 aromatic rings. The first-order valence-corrected chi connectivity index (χ1v) is 11.2. The van der Waals surface area contributed by atoms with E-state index in [1.165, 1.54) is 5.56 Å². The summed E-state index contributed by atoms with van der Waals surface area (Å²) in [6, 6.07) is 42.4. The van der Waals surface area contributed by atoms with Gasteiger partial charge in [-0.1, -0.05) is 115 Å². The van der Waals surface area contributed by atoms with Crippen LogP contribution in [0.4, 0.5) is 0 Å². The molecule has 5 rings (SSSR count). The molecule has 0 radical (unpaired) electrons. The Balaban J connectivity index is 1.53. The molecule has 0 amide bonds. The van der Waals surface area contributed by atoms with Crippen LogP contribution < -0.4 is 0 Å². The Morgan fingerprint density at radius 3 is 1.50 bits per heavy atom. The van der Waals surface area contributed by atoms with Crippen molar-refractivity contribution in [2.24, 2.45) is 0 Å². The smallest absolute Gasteiger partial charge is 0.226 e. The lowest BCUT2D eigenvalue weighted by Gasteiger charge is -2.12. The Kier molecular flexibility index (Phi) is 5.96. The van der Waals surface area contributed by atoms with Gasteiger partial charge in [0.25, 0.3) is 0 Å². The topological polar surface area (TPSA) is 34.1 Å². The van der Waals surface area contributed by atoms with Gasteiger partial charge in [0.2, 0.25) is 5.78 Å². The van der Waals surface area contributed by atoms with E-state index >= 15 is 0 Å². The van der Waals surface area contributed by atoms with Gasteiger partial charge in [-0.15, -0.1) is 0 Å². The summed E-state index contributed by atoms with van der Waals surface area (Å²) >= 11 is 0. The first-order chi connectivity index (χ1) is 16.7. The van der Waals surface area contributed by atoms with E-state index in [9.17, 15) is 9.59 Å². The highest BCUT2D eigenvalue weighted by molar-refractivity contribution is 6.35. The number of carbonyl (C=O) groups excluding carboxylic acids is 2. The van der Waals surface area contributed by atoms with Crippen LogP contribution in [0.2, 0.25) is 0 Å². The van der Waals surface area contributed by atoms with Crippen molar-refractivity contribution in [1.82, 2.24) is 0 Å². The maximum Gasteiger partial charge on any atom is 0.226 e. The second kappa shape index (κ2) is 9.51. The van der Waals surface area contributed by atoms with Gasteiger partial charge in [0.05, 0.1) is 0 Å². The van der Waals surface area contributed by atoms with Crippen molar-refractivity contribution in [2.45, 2.75) is 0 Å². The number of hydrogen-bond donors (Lipinski definition) is 0. The van der Waals surface area contributed by atoms with Crippen molar-refractivity contribution in [3.05, 3.63) is 133 Å². The van der Waals surface area contributed by atoms with E-state index in [0.29, 0.717) is 11.8 Å². The Bertz CT molecular complexity index is 1450. The van der Waals surface area contributed by atoms with Gasteiger partial charge in [-0.3, -0.25) is 9.59 Å². The number of Topliss-reactive ketones (excluding diaryl/α,β-unsaturated/α-hetero) is 1. The predicted octanol–water partition coefficient (Wildman–Crippen LogP) is 7.74. The summed E-state index contributed by atoms with van der Waals surface area (Å²) in [5, 5.41) is 0. The highest BCUT2D eigenvalue weighted by atomic mass is 16.2. The average molecular weight is 439 g/mol. The van der Waals surface area contributed by atoms with E-state index in [1.54, 1.807) is 0 Å². The lowest BCUT2D eigenvalue weighted by atomic mass is 9.91. The molecule has 0 unspecified atom stereocenters. The summed E-state index contributed by atoms with van der Waals surface area (Å²) in [5.74, 6) is -0.523. The van der Waals surface area contributed by atoms with E-state index in [4.69, 9.17) is 0 Å². The van der Waals surface area contributed by atoms with Gasteiger partial charge in [0.15, 0.2) is 6.29 Å². The van der Waals surface area contributed by atoms with Gasteiger partial charge >= 0.3 is 0 Å². The monoisotopic (exact) mass is 438 g/mol. The largest absolute Gasteiger partial charge is 0.294 e. The molecule has 0 fully saturated rings. The molecular formula is C32H22O2. The summed E-state index contributed by atoms with van der Waals surface area (Å²) in [7, 11) is 0. The van der Waals surface area contributed by atoms with Crippen molar-refractivity contribution >= 4 is 12.1 Å². The van der Waals surface area contributed by atoms with E-state index in [0.717, 1.165) is 38.9 Å². The van der Waals surface area contributed by atoms with Crippen LogP contribution in [0.15, 0.2) is 127 Å². The van der Waals surface area contributed by atoms with Crippen molar-refractivity contribution < 1.29 is 9.59 Å². The first-order valence-electron chi connectivity index (χ1n) is 11.2. The highest BCUT2D eigenvalue weighted by Crippen LogP contribution is 2.32. The molecule has 0 aromatic heterocycles. The third kappa shape index (κ3) is 4.35. The predicted molar refractivity (Wildman–Crippen MR) is 139 cm³/mol. The lowest BCUT2D eigenvalue weighted by molar-refractivity contribution is -0.104. The summed E-state index contributed by atoms with van der Waals surface area (Å²) in [6.07, 6.45) is 0.389. The van der Waals surface area contributed by atoms with Crippen LogP contribution >= 0.6 is 0 Å². The van der Waals surface area contributed by atoms with Gasteiger partial charge in [-0.2, -0.15) is 0 Å². The van der Waals surface area contributed by atoms with Crippen molar-refractivity contribution in [3.8, 4) is 44.5 Å². The van der Waals surface area contributed by atoms with Crippen molar-refractivity contribution in [3.63, 3.8) is 0 Å². The van der Waals surface area contributed by atoms with Crippen LogP contribution in [-0.2, 0) is 4.79 Å². The molecule has 5 aromatic carbocycles. The molecule has 0 N–H and O–H groups in total. The molecule has 2 heteroatoms. The minimum atomic E-state index is -0.523. The normalized spacial score (nSPS) is 10.6. The molecule has 0 aliphatic carbocycles. The van der Waals surface area contributed by atoms with Gasteiger partial charge < -0.3 is 0 Å². The van der Waals surface area contributed by atoms with Crippen LogP contribution in [-0.4, -0.2) is 12.1 Å². The molecule has 0 aliphatic heterocycles. The SMILES string of the molecule is O=CC(=O)c1cc(-c2ccccc2)ccc1-c1cccc(-c2ccc(-c3ccccc3)cc2)c1. The second-order valence-electron chi connectivity index (χ2n) is 8.13. The zero-order valence-electron chi connectivity index (χ0n) is 18.5. The fourth-order valence-corrected chi connectivity index (χ4v) is 4.23. The molecule has 0 bridgehead atoms. The fraction of sp³-hybridized carbons (Fsp3) is 0. The standard InChI is InChI=1S/C32H22O2/c33-22-32(34)31-21-28(24-10-5-2-6-11-24)18-19-30(31)29-13-7-12-27(20-29)26-16-14-25(15-17-26)23-8-3-1-4-9-23/h1-22H. The van der Waals surface area contributed by atoms with E-state index in [1.807, 2.05) is 78.9 Å². The van der Waals surface area contributed by atoms with Crippen LogP contribution in [0.5, 0.6) is 0 Å². The maximum absolute atomic E-state index is 12.6. The lowest BCUT2D eigenvalue weighted by Crippen LogP contribution is -2.03. The molecule has 0 atom stereocenters. The van der Waals surface area contributed by atoms with Crippen LogP contribution in [0.25, 0.3) is 44.5 Å². The maximum atomic E-state index is 12.6. The number of hydrogen-bond acceptors (Lipinski definition) is 2. The van der Waals surface area contributed by atoms with Crippen LogP contribution in [0.1, 0.15) is 10.4 Å². The van der Waals surface area contributed by atoms with Gasteiger partial charge in [0, 0.05) is 5.56 Å². The third-order valence-electron chi connectivity index (χ3n) is 6.00. The van der Waals surface area contributed by atoms with Crippen molar-refractivity contribution in [1.29, 1.82) is 0 Å². The Morgan fingerprint density at radius 2 is 0.882 bits per heavy atom. The summed E-state index contributed by atoms with van der Waals surface area (Å²) < 4.78 is 0. The average Bonchev–Trinajstić information content (AvgIpc) is 2.93. The zero-order valence-corrected chi connectivity index (χ0v) is 18.5. The Hall–Kier alpha value is -4.56. The van der Waals surface area contributed by atoms with Gasteiger partial charge in [0.1, 0.15) is 0 Å². The third-order valence-corrected chi connectivity index (χ3v) is 6.00. The Morgan fingerprint density at radius 1 is 0.441 bits per heavy atom. The number of rotatable bonds is 6. The van der Waals surface area contributed by atoms with Crippen LogP contribution in [0.3, 0.4) is 0 Å². The van der Waals surface area contributed by atoms with Crippen LogP contribution in [0, 0.1) is 0 Å². The molecule has 34 heavy (non-hydrogen) atoms. The molecule has 0 saturated carbocycles. The number of ketones is 1. The molecule has 2 nitrogen and oxygen atoms in total. The number of benzene rings is 5. The zero-order chi connectivity index (χ0) is 23.3. The second-order valence-corrected chi connectivity index (χ2v) is 8.13.